The van der Waals surface area contributed by atoms with E-state index in [1.807, 2.05) is 6.92 Å². The van der Waals surface area contributed by atoms with Crippen LogP contribution in [0.1, 0.15) is 19.8 Å². The Morgan fingerprint density at radius 3 is 2.85 bits per heavy atom. The highest BCUT2D eigenvalue weighted by molar-refractivity contribution is 5.76. The topological polar surface area (TPSA) is 73.6 Å². The Kier molecular flexibility index (Phi) is 5.24. The predicted molar refractivity (Wildman–Crippen MR) is 77.5 cm³/mol. The first-order chi connectivity index (χ1) is 9.65. The van der Waals surface area contributed by atoms with Gasteiger partial charge in [-0.05, 0) is 37.6 Å². The van der Waals surface area contributed by atoms with Crippen LogP contribution >= 0.6 is 0 Å². The van der Waals surface area contributed by atoms with Gasteiger partial charge in [-0.15, -0.1) is 0 Å². The van der Waals surface area contributed by atoms with Crippen molar-refractivity contribution in [2.75, 3.05) is 25.5 Å². The number of nitrogens with two attached hydrogens (primary N) is 1. The van der Waals surface area contributed by atoms with Crippen LogP contribution in [-0.4, -0.2) is 31.8 Å². The highest BCUT2D eigenvalue weighted by atomic mass is 16.5. The lowest BCUT2D eigenvalue weighted by atomic mass is 10.0. The SMILES string of the molecule is CC1OCCC1CNC(=O)CCOc1ccc(N)cc1. The minimum atomic E-state index is 0.0135. The molecular weight excluding hydrogens is 256 g/mol. The van der Waals surface area contributed by atoms with E-state index in [-0.39, 0.29) is 12.0 Å². The maximum absolute atomic E-state index is 11.7. The van der Waals surface area contributed by atoms with Gasteiger partial charge in [-0.3, -0.25) is 4.79 Å². The number of benzene rings is 1. The molecule has 0 aliphatic carbocycles. The van der Waals surface area contributed by atoms with Crippen LogP contribution in [0.3, 0.4) is 0 Å². The van der Waals surface area contributed by atoms with Crippen LogP contribution in [0.5, 0.6) is 5.75 Å². The smallest absolute Gasteiger partial charge is 0.223 e. The standard InChI is InChI=1S/C15H22N2O3/c1-11-12(6-8-19-11)10-17-15(18)7-9-20-14-4-2-13(16)3-5-14/h2-5,11-12H,6-10,16H2,1H3,(H,17,18). The highest BCUT2D eigenvalue weighted by Crippen LogP contribution is 2.19. The third kappa shape index (κ3) is 4.42. The summed E-state index contributed by atoms with van der Waals surface area (Å²) in [7, 11) is 0. The zero-order chi connectivity index (χ0) is 14.4. The second kappa shape index (κ2) is 7.14. The summed E-state index contributed by atoms with van der Waals surface area (Å²) in [5.74, 6) is 1.17. The largest absolute Gasteiger partial charge is 0.493 e. The van der Waals surface area contributed by atoms with Gasteiger partial charge in [0.2, 0.25) is 5.91 Å². The van der Waals surface area contributed by atoms with E-state index in [0.717, 1.165) is 18.8 Å². The summed E-state index contributed by atoms with van der Waals surface area (Å²) in [6.07, 6.45) is 1.61. The van der Waals surface area contributed by atoms with Crippen LogP contribution in [0.4, 0.5) is 5.69 Å². The summed E-state index contributed by atoms with van der Waals surface area (Å²) in [4.78, 5) is 11.7. The van der Waals surface area contributed by atoms with Crippen LogP contribution in [0.25, 0.3) is 0 Å². The monoisotopic (exact) mass is 278 g/mol. The first kappa shape index (κ1) is 14.7. The van der Waals surface area contributed by atoms with E-state index in [4.69, 9.17) is 15.2 Å². The molecule has 0 saturated carbocycles. The van der Waals surface area contributed by atoms with Crippen LogP contribution in [0, 0.1) is 5.92 Å². The van der Waals surface area contributed by atoms with Gasteiger partial charge in [-0.25, -0.2) is 0 Å². The average molecular weight is 278 g/mol. The molecule has 1 aromatic carbocycles. The van der Waals surface area contributed by atoms with Gasteiger partial charge in [0, 0.05) is 24.8 Å². The molecule has 0 radical (unpaired) electrons. The molecule has 0 spiro atoms. The van der Waals surface area contributed by atoms with E-state index in [1.54, 1.807) is 24.3 Å². The second-order valence-electron chi connectivity index (χ2n) is 5.10. The van der Waals surface area contributed by atoms with Crippen molar-refractivity contribution in [2.45, 2.75) is 25.9 Å². The van der Waals surface area contributed by atoms with E-state index in [2.05, 4.69) is 5.32 Å². The normalized spacial score (nSPS) is 21.6. The molecule has 110 valence electrons. The molecule has 5 heteroatoms. The van der Waals surface area contributed by atoms with E-state index >= 15 is 0 Å². The number of nitrogens with one attached hydrogen (secondary N) is 1. The molecule has 0 aromatic heterocycles. The van der Waals surface area contributed by atoms with Gasteiger partial charge in [-0.2, -0.15) is 0 Å². The van der Waals surface area contributed by atoms with Gasteiger partial charge < -0.3 is 20.5 Å². The van der Waals surface area contributed by atoms with Crippen molar-refractivity contribution in [3.8, 4) is 5.75 Å². The molecule has 1 amide bonds. The maximum atomic E-state index is 11.7. The number of nitrogen functional groups attached to an aromatic ring is 1. The lowest BCUT2D eigenvalue weighted by Gasteiger charge is -2.14. The van der Waals surface area contributed by atoms with Gasteiger partial charge in [-0.1, -0.05) is 0 Å². The number of rotatable bonds is 6. The molecule has 1 aliphatic heterocycles. The third-order valence-corrected chi connectivity index (χ3v) is 3.57. The molecule has 1 fully saturated rings. The number of carbonyl (C=O) groups is 1. The zero-order valence-electron chi connectivity index (χ0n) is 11.8. The Hall–Kier alpha value is -1.75. The molecular formula is C15H22N2O3. The molecule has 3 N–H and O–H groups in total. The van der Waals surface area contributed by atoms with Crippen molar-refractivity contribution in [3.05, 3.63) is 24.3 Å². The average Bonchev–Trinajstić information content (AvgIpc) is 2.84. The lowest BCUT2D eigenvalue weighted by molar-refractivity contribution is -0.121. The summed E-state index contributed by atoms with van der Waals surface area (Å²) >= 11 is 0. The van der Waals surface area contributed by atoms with Crippen molar-refractivity contribution in [1.29, 1.82) is 0 Å². The van der Waals surface area contributed by atoms with Crippen LogP contribution in [-0.2, 0) is 9.53 Å². The predicted octanol–water partition coefficient (Wildman–Crippen LogP) is 1.58. The summed E-state index contributed by atoms with van der Waals surface area (Å²) < 4.78 is 10.9. The van der Waals surface area contributed by atoms with Crippen LogP contribution < -0.4 is 15.8 Å². The summed E-state index contributed by atoms with van der Waals surface area (Å²) in [5, 5.41) is 2.93. The minimum Gasteiger partial charge on any atom is -0.493 e. The molecule has 2 rings (SSSR count). The molecule has 5 nitrogen and oxygen atoms in total. The molecule has 1 heterocycles. The van der Waals surface area contributed by atoms with Crippen LogP contribution in [0.2, 0.25) is 0 Å². The molecule has 2 unspecified atom stereocenters. The van der Waals surface area contributed by atoms with Crippen molar-refractivity contribution < 1.29 is 14.3 Å². The quantitative estimate of drug-likeness (QED) is 0.775. The first-order valence-corrected chi connectivity index (χ1v) is 7.02. The molecule has 1 aliphatic rings. The van der Waals surface area contributed by atoms with Gasteiger partial charge >= 0.3 is 0 Å². The Morgan fingerprint density at radius 2 is 2.20 bits per heavy atom. The number of carbonyl (C=O) groups excluding carboxylic acids is 1. The Balaban J connectivity index is 1.61. The lowest BCUT2D eigenvalue weighted by Crippen LogP contribution is -2.32. The van der Waals surface area contributed by atoms with Crippen molar-refractivity contribution in [1.82, 2.24) is 5.32 Å². The number of ether oxygens (including phenoxy) is 2. The van der Waals surface area contributed by atoms with E-state index in [9.17, 15) is 4.79 Å². The third-order valence-electron chi connectivity index (χ3n) is 3.57. The molecule has 20 heavy (non-hydrogen) atoms. The summed E-state index contributed by atoms with van der Waals surface area (Å²) in [6.45, 7) is 3.89. The first-order valence-electron chi connectivity index (χ1n) is 7.02. The fourth-order valence-corrected chi connectivity index (χ4v) is 2.20. The van der Waals surface area contributed by atoms with Crippen molar-refractivity contribution in [2.24, 2.45) is 5.92 Å². The van der Waals surface area contributed by atoms with E-state index in [1.165, 1.54) is 0 Å². The van der Waals surface area contributed by atoms with Gasteiger partial charge in [0.1, 0.15) is 5.75 Å². The number of hydrogen-bond donors (Lipinski definition) is 2. The maximum Gasteiger partial charge on any atom is 0.223 e. The second-order valence-corrected chi connectivity index (χ2v) is 5.10. The number of amides is 1. The Bertz CT molecular complexity index is 433. The highest BCUT2D eigenvalue weighted by Gasteiger charge is 2.24. The van der Waals surface area contributed by atoms with E-state index < -0.39 is 0 Å². The number of anilines is 1. The van der Waals surface area contributed by atoms with Gasteiger partial charge in [0.05, 0.1) is 19.1 Å². The Labute approximate surface area is 119 Å². The molecule has 1 aromatic rings. The van der Waals surface area contributed by atoms with Crippen LogP contribution in [0.15, 0.2) is 24.3 Å². The molecule has 1 saturated heterocycles. The van der Waals surface area contributed by atoms with Crippen molar-refractivity contribution >= 4 is 11.6 Å². The summed E-state index contributed by atoms with van der Waals surface area (Å²) in [5.41, 5.74) is 6.28. The summed E-state index contributed by atoms with van der Waals surface area (Å²) in [6, 6.07) is 7.14. The van der Waals surface area contributed by atoms with E-state index in [0.29, 0.717) is 31.2 Å². The Morgan fingerprint density at radius 1 is 1.45 bits per heavy atom. The number of hydrogen-bond acceptors (Lipinski definition) is 4. The van der Waals surface area contributed by atoms with Crippen molar-refractivity contribution in [3.63, 3.8) is 0 Å². The fraction of sp³-hybridized carbons (Fsp3) is 0.533. The fourth-order valence-electron chi connectivity index (χ4n) is 2.20. The molecule has 0 bridgehead atoms. The zero-order valence-corrected chi connectivity index (χ0v) is 11.8. The minimum absolute atomic E-state index is 0.0135. The molecule has 2 atom stereocenters. The van der Waals surface area contributed by atoms with Gasteiger partial charge in [0.15, 0.2) is 0 Å². The van der Waals surface area contributed by atoms with Gasteiger partial charge in [0.25, 0.3) is 0 Å².